The van der Waals surface area contributed by atoms with E-state index in [9.17, 15) is 8.78 Å². The molecule has 0 aliphatic carbocycles. The second-order valence-electron chi connectivity index (χ2n) is 3.97. The zero-order chi connectivity index (χ0) is 13.7. The first kappa shape index (κ1) is 13.9. The maximum absolute atomic E-state index is 12.0. The fraction of sp³-hybridized carbons (Fsp3) is 0.214. The van der Waals surface area contributed by atoms with E-state index < -0.39 is 6.61 Å². The Balaban J connectivity index is 2.01. The number of nitrogens with zero attached hydrogens (tertiary/aromatic N) is 1. The Labute approximate surface area is 118 Å². The Morgan fingerprint density at radius 1 is 1.05 bits per heavy atom. The fourth-order valence-electron chi connectivity index (χ4n) is 1.70. The number of hydrogen-bond donors (Lipinski definition) is 0. The summed E-state index contributed by atoms with van der Waals surface area (Å²) in [6.45, 7) is -2.79. The molecule has 100 valence electrons. The third kappa shape index (κ3) is 4.28. The van der Waals surface area contributed by atoms with Gasteiger partial charge in [-0.15, -0.1) is 0 Å². The molecule has 1 atom stereocenters. The van der Waals surface area contributed by atoms with Crippen molar-refractivity contribution >= 4 is 15.9 Å². The largest absolute Gasteiger partial charge is 0.435 e. The summed E-state index contributed by atoms with van der Waals surface area (Å²) in [5.41, 5.74) is 2.17. The van der Waals surface area contributed by atoms with E-state index in [2.05, 4.69) is 25.7 Å². The van der Waals surface area contributed by atoms with Crippen LogP contribution >= 0.6 is 15.9 Å². The van der Waals surface area contributed by atoms with Crippen LogP contribution in [-0.4, -0.2) is 11.6 Å². The summed E-state index contributed by atoms with van der Waals surface area (Å²) >= 11 is 3.59. The van der Waals surface area contributed by atoms with Crippen LogP contribution in [-0.2, 0) is 6.42 Å². The van der Waals surface area contributed by atoms with Gasteiger partial charge in [0, 0.05) is 17.2 Å². The molecular formula is C14H12BrF2NO. The molecule has 1 aromatic heterocycles. The van der Waals surface area contributed by atoms with Crippen molar-refractivity contribution in [2.75, 3.05) is 0 Å². The van der Waals surface area contributed by atoms with E-state index in [-0.39, 0.29) is 10.6 Å². The molecule has 0 bridgehead atoms. The van der Waals surface area contributed by atoms with Gasteiger partial charge < -0.3 is 4.74 Å². The summed E-state index contributed by atoms with van der Waals surface area (Å²) in [6.07, 6.45) is 4.29. The van der Waals surface area contributed by atoms with Crippen LogP contribution in [0.3, 0.4) is 0 Å². The highest BCUT2D eigenvalue weighted by Gasteiger charge is 2.10. The van der Waals surface area contributed by atoms with Crippen LogP contribution in [0.1, 0.15) is 16.0 Å². The molecule has 2 nitrogen and oxygen atoms in total. The predicted molar refractivity (Wildman–Crippen MR) is 72.7 cm³/mol. The lowest BCUT2D eigenvalue weighted by Gasteiger charge is -2.11. The molecule has 1 unspecified atom stereocenters. The quantitative estimate of drug-likeness (QED) is 0.761. The number of rotatable bonds is 5. The first-order chi connectivity index (χ1) is 9.15. The van der Waals surface area contributed by atoms with E-state index in [4.69, 9.17) is 0 Å². The van der Waals surface area contributed by atoms with E-state index >= 15 is 0 Å². The number of halogens is 3. The molecule has 0 aliphatic rings. The van der Waals surface area contributed by atoms with Crippen molar-refractivity contribution in [1.29, 1.82) is 0 Å². The first-order valence-electron chi connectivity index (χ1n) is 5.73. The zero-order valence-electron chi connectivity index (χ0n) is 9.97. The fourth-order valence-corrected chi connectivity index (χ4v) is 2.38. The smallest absolute Gasteiger partial charge is 0.387 e. The maximum Gasteiger partial charge on any atom is 0.387 e. The molecule has 19 heavy (non-hydrogen) atoms. The van der Waals surface area contributed by atoms with Crippen molar-refractivity contribution in [3.63, 3.8) is 0 Å². The summed E-state index contributed by atoms with van der Waals surface area (Å²) in [4.78, 5) is 4.08. The molecule has 0 N–H and O–H groups in total. The summed E-state index contributed by atoms with van der Waals surface area (Å²) in [5, 5.41) is 0. The highest BCUT2D eigenvalue weighted by Crippen LogP contribution is 2.28. The Kier molecular flexibility index (Phi) is 4.85. The second kappa shape index (κ2) is 6.61. The number of alkyl halides is 3. The summed E-state index contributed by atoms with van der Waals surface area (Å²) in [7, 11) is 0. The first-order valence-corrected chi connectivity index (χ1v) is 6.64. The molecule has 0 amide bonds. The van der Waals surface area contributed by atoms with Gasteiger partial charge in [0.05, 0.1) is 0 Å². The molecule has 0 saturated heterocycles. The molecule has 0 aliphatic heterocycles. The Hall–Kier alpha value is -1.49. The minimum Gasteiger partial charge on any atom is -0.435 e. The SMILES string of the molecule is FC(F)Oc1ccc(C(Br)Cc2ccncc2)cc1. The molecule has 5 heteroatoms. The number of hydrogen-bond acceptors (Lipinski definition) is 2. The number of benzene rings is 1. The summed E-state index contributed by atoms with van der Waals surface area (Å²) < 4.78 is 28.4. The van der Waals surface area contributed by atoms with Gasteiger partial charge in [0.25, 0.3) is 0 Å². The lowest BCUT2D eigenvalue weighted by molar-refractivity contribution is -0.0498. The average molecular weight is 328 g/mol. The van der Waals surface area contributed by atoms with E-state index in [0.717, 1.165) is 17.5 Å². The number of aromatic nitrogens is 1. The van der Waals surface area contributed by atoms with Crippen LogP contribution in [0.25, 0.3) is 0 Å². The molecule has 1 heterocycles. The van der Waals surface area contributed by atoms with Crippen LogP contribution < -0.4 is 4.74 Å². The van der Waals surface area contributed by atoms with Crippen LogP contribution in [0.15, 0.2) is 48.8 Å². The number of ether oxygens (including phenoxy) is 1. The van der Waals surface area contributed by atoms with Crippen molar-refractivity contribution in [1.82, 2.24) is 4.98 Å². The van der Waals surface area contributed by atoms with Gasteiger partial charge in [-0.3, -0.25) is 4.98 Å². The molecular weight excluding hydrogens is 316 g/mol. The average Bonchev–Trinajstić information content (AvgIpc) is 2.40. The maximum atomic E-state index is 12.0. The van der Waals surface area contributed by atoms with Gasteiger partial charge in [0.1, 0.15) is 5.75 Å². The minimum atomic E-state index is -2.79. The van der Waals surface area contributed by atoms with Crippen LogP contribution in [0.4, 0.5) is 8.78 Å². The molecule has 2 rings (SSSR count). The monoisotopic (exact) mass is 327 g/mol. The lowest BCUT2D eigenvalue weighted by Crippen LogP contribution is -2.02. The van der Waals surface area contributed by atoms with Crippen molar-refractivity contribution in [2.24, 2.45) is 0 Å². The molecule has 0 fully saturated rings. The van der Waals surface area contributed by atoms with E-state index in [1.807, 2.05) is 12.1 Å². The van der Waals surface area contributed by atoms with Gasteiger partial charge in [-0.2, -0.15) is 8.78 Å². The molecule has 2 aromatic rings. The third-order valence-corrected chi connectivity index (χ3v) is 3.48. The Morgan fingerprint density at radius 3 is 2.26 bits per heavy atom. The van der Waals surface area contributed by atoms with E-state index in [1.165, 1.54) is 0 Å². The Morgan fingerprint density at radius 2 is 1.68 bits per heavy atom. The van der Waals surface area contributed by atoms with Gasteiger partial charge in [0.2, 0.25) is 0 Å². The highest BCUT2D eigenvalue weighted by molar-refractivity contribution is 9.09. The predicted octanol–water partition coefficient (Wildman–Crippen LogP) is 4.36. The topological polar surface area (TPSA) is 22.1 Å². The highest BCUT2D eigenvalue weighted by atomic mass is 79.9. The van der Waals surface area contributed by atoms with Gasteiger partial charge in [-0.1, -0.05) is 28.1 Å². The number of pyridine rings is 1. The van der Waals surface area contributed by atoms with Gasteiger partial charge in [0.15, 0.2) is 0 Å². The Bertz CT molecular complexity index is 505. The van der Waals surface area contributed by atoms with Crippen molar-refractivity contribution in [3.05, 3.63) is 59.9 Å². The zero-order valence-corrected chi connectivity index (χ0v) is 11.6. The summed E-state index contributed by atoms with van der Waals surface area (Å²) in [6, 6.07) is 10.5. The standard InChI is InChI=1S/C14H12BrF2NO/c15-13(9-10-5-7-18-8-6-10)11-1-3-12(4-2-11)19-14(16)17/h1-8,13-14H,9H2. The van der Waals surface area contributed by atoms with Crippen LogP contribution in [0.2, 0.25) is 0 Å². The summed E-state index contributed by atoms with van der Waals surface area (Å²) in [5.74, 6) is 0.169. The molecule has 0 saturated carbocycles. The van der Waals surface area contributed by atoms with Crippen LogP contribution in [0.5, 0.6) is 5.75 Å². The van der Waals surface area contributed by atoms with E-state index in [0.29, 0.717) is 0 Å². The minimum absolute atomic E-state index is 0.121. The van der Waals surface area contributed by atoms with Gasteiger partial charge in [-0.25, -0.2) is 0 Å². The van der Waals surface area contributed by atoms with Crippen LogP contribution in [0, 0.1) is 0 Å². The lowest BCUT2D eigenvalue weighted by atomic mass is 10.1. The molecule has 0 radical (unpaired) electrons. The van der Waals surface area contributed by atoms with E-state index in [1.54, 1.807) is 36.7 Å². The normalized spacial score (nSPS) is 12.4. The molecule has 1 aromatic carbocycles. The second-order valence-corrected chi connectivity index (χ2v) is 5.08. The third-order valence-electron chi connectivity index (χ3n) is 2.63. The van der Waals surface area contributed by atoms with Crippen molar-refractivity contribution in [3.8, 4) is 5.75 Å². The van der Waals surface area contributed by atoms with Gasteiger partial charge in [-0.05, 0) is 41.8 Å². The van der Waals surface area contributed by atoms with Crippen molar-refractivity contribution < 1.29 is 13.5 Å². The van der Waals surface area contributed by atoms with Crippen molar-refractivity contribution in [2.45, 2.75) is 17.9 Å². The molecule has 0 spiro atoms. The van der Waals surface area contributed by atoms with Gasteiger partial charge >= 0.3 is 6.61 Å².